The Labute approximate surface area is 270 Å². The molecule has 2 heterocycles. The summed E-state index contributed by atoms with van der Waals surface area (Å²) >= 11 is 0. The first-order valence-corrected chi connectivity index (χ1v) is 15.1. The standard InChI is InChI=1S/C40H26N4O3/c45-29-15-11-27(12-16-29)39-37(25-7-3-1-4-8-25)41-33-21-19-31(23-35(33)43-39)47-32-20-22-34-36(24-32)44-40(28-13-17-30(46)18-14-28)38(42-34)26-9-5-2-6-10-26/h1-24,45-46H. The molecule has 0 unspecified atom stereocenters. The Bertz CT molecular complexity index is 2210. The van der Waals surface area contributed by atoms with Crippen molar-refractivity contribution >= 4 is 22.1 Å². The maximum absolute atomic E-state index is 9.88. The second-order valence-corrected chi connectivity index (χ2v) is 11.1. The second-order valence-electron chi connectivity index (χ2n) is 11.1. The molecule has 7 heteroatoms. The summed E-state index contributed by atoms with van der Waals surface area (Å²) in [6.07, 6.45) is 0. The first kappa shape index (κ1) is 27.9. The van der Waals surface area contributed by atoms with Crippen LogP contribution in [0.5, 0.6) is 23.0 Å². The summed E-state index contributed by atoms with van der Waals surface area (Å²) in [6, 6.07) is 45.1. The van der Waals surface area contributed by atoms with E-state index in [9.17, 15) is 10.2 Å². The minimum absolute atomic E-state index is 0.186. The van der Waals surface area contributed by atoms with E-state index < -0.39 is 0 Å². The number of nitrogens with zero attached hydrogens (tertiary/aromatic N) is 4. The molecule has 47 heavy (non-hydrogen) atoms. The number of aromatic hydroxyl groups is 2. The van der Waals surface area contributed by atoms with Crippen LogP contribution in [0.1, 0.15) is 0 Å². The molecule has 0 atom stereocenters. The summed E-state index contributed by atoms with van der Waals surface area (Å²) in [4.78, 5) is 20.1. The first-order valence-electron chi connectivity index (χ1n) is 15.1. The molecule has 0 fully saturated rings. The molecule has 0 aliphatic carbocycles. The van der Waals surface area contributed by atoms with Crippen LogP contribution in [-0.2, 0) is 0 Å². The lowest BCUT2D eigenvalue weighted by Gasteiger charge is -2.13. The average Bonchev–Trinajstić information content (AvgIpc) is 3.12. The van der Waals surface area contributed by atoms with E-state index in [1.54, 1.807) is 24.3 Å². The van der Waals surface area contributed by atoms with E-state index in [0.717, 1.165) is 44.7 Å². The topological polar surface area (TPSA) is 101 Å². The zero-order valence-electron chi connectivity index (χ0n) is 24.9. The molecule has 2 aromatic heterocycles. The van der Waals surface area contributed by atoms with Gasteiger partial charge in [-0.2, -0.15) is 0 Å². The summed E-state index contributed by atoms with van der Waals surface area (Å²) in [5, 5.41) is 19.8. The maximum Gasteiger partial charge on any atom is 0.129 e. The molecule has 0 saturated carbocycles. The van der Waals surface area contributed by atoms with Gasteiger partial charge >= 0.3 is 0 Å². The number of phenolic OH excluding ortho intramolecular Hbond substituents is 2. The van der Waals surface area contributed by atoms with Crippen LogP contribution >= 0.6 is 0 Å². The Morgan fingerprint density at radius 1 is 0.340 bits per heavy atom. The fourth-order valence-electron chi connectivity index (χ4n) is 5.57. The van der Waals surface area contributed by atoms with Gasteiger partial charge in [0, 0.05) is 34.4 Å². The largest absolute Gasteiger partial charge is 0.508 e. The van der Waals surface area contributed by atoms with E-state index in [2.05, 4.69) is 0 Å². The molecule has 0 aliphatic heterocycles. The summed E-state index contributed by atoms with van der Waals surface area (Å²) in [5.41, 5.74) is 9.32. The molecule has 0 amide bonds. The van der Waals surface area contributed by atoms with Crippen molar-refractivity contribution in [2.45, 2.75) is 0 Å². The van der Waals surface area contributed by atoms with Crippen LogP contribution in [0.4, 0.5) is 0 Å². The summed E-state index contributed by atoms with van der Waals surface area (Å²) in [6.45, 7) is 0. The molecule has 0 saturated heterocycles. The normalized spacial score (nSPS) is 11.1. The lowest BCUT2D eigenvalue weighted by atomic mass is 10.0. The lowest BCUT2D eigenvalue weighted by molar-refractivity contribution is 0.475. The highest BCUT2D eigenvalue weighted by atomic mass is 16.5. The molecule has 6 aromatic carbocycles. The number of rotatable bonds is 6. The van der Waals surface area contributed by atoms with Crippen LogP contribution in [0, 0.1) is 0 Å². The molecular weight excluding hydrogens is 584 g/mol. The minimum Gasteiger partial charge on any atom is -0.508 e. The van der Waals surface area contributed by atoms with Crippen molar-refractivity contribution in [3.8, 4) is 68.0 Å². The summed E-state index contributed by atoms with van der Waals surface area (Å²) in [7, 11) is 0. The van der Waals surface area contributed by atoms with Gasteiger partial charge < -0.3 is 14.9 Å². The molecule has 0 bridgehead atoms. The van der Waals surface area contributed by atoms with Gasteiger partial charge in [0.2, 0.25) is 0 Å². The Kier molecular flexibility index (Phi) is 6.96. The van der Waals surface area contributed by atoms with Crippen molar-refractivity contribution in [1.29, 1.82) is 0 Å². The molecular formula is C40H26N4O3. The van der Waals surface area contributed by atoms with Crippen molar-refractivity contribution in [3.63, 3.8) is 0 Å². The number of hydrogen-bond donors (Lipinski definition) is 2. The maximum atomic E-state index is 9.88. The van der Waals surface area contributed by atoms with Crippen LogP contribution in [0.2, 0.25) is 0 Å². The first-order chi connectivity index (χ1) is 23.1. The van der Waals surface area contributed by atoms with E-state index in [0.29, 0.717) is 33.9 Å². The van der Waals surface area contributed by atoms with Crippen molar-refractivity contribution < 1.29 is 14.9 Å². The number of ether oxygens (including phenoxy) is 1. The van der Waals surface area contributed by atoms with Crippen molar-refractivity contribution in [2.75, 3.05) is 0 Å². The van der Waals surface area contributed by atoms with Gasteiger partial charge in [-0.25, -0.2) is 19.9 Å². The third-order valence-electron chi connectivity index (χ3n) is 7.88. The van der Waals surface area contributed by atoms with Gasteiger partial charge in [0.25, 0.3) is 0 Å². The number of fused-ring (bicyclic) bond motifs is 2. The fourth-order valence-corrected chi connectivity index (χ4v) is 5.57. The zero-order chi connectivity index (χ0) is 31.7. The van der Waals surface area contributed by atoms with Gasteiger partial charge in [-0.05, 0) is 72.8 Å². The predicted octanol–water partition coefficient (Wildman–Crippen LogP) is 9.44. The van der Waals surface area contributed by atoms with Crippen molar-refractivity contribution in [1.82, 2.24) is 19.9 Å². The summed E-state index contributed by atoms with van der Waals surface area (Å²) < 4.78 is 6.35. The van der Waals surface area contributed by atoms with E-state index in [1.807, 2.05) is 121 Å². The molecule has 0 aliphatic rings. The molecule has 224 valence electrons. The van der Waals surface area contributed by atoms with E-state index >= 15 is 0 Å². The Morgan fingerprint density at radius 3 is 1.06 bits per heavy atom. The third-order valence-corrected chi connectivity index (χ3v) is 7.88. The van der Waals surface area contributed by atoms with Gasteiger partial charge in [-0.15, -0.1) is 0 Å². The molecule has 0 radical (unpaired) electrons. The van der Waals surface area contributed by atoms with Crippen LogP contribution in [0.3, 0.4) is 0 Å². The Morgan fingerprint density at radius 2 is 0.681 bits per heavy atom. The molecule has 2 N–H and O–H groups in total. The van der Waals surface area contributed by atoms with Gasteiger partial charge in [0.15, 0.2) is 0 Å². The highest BCUT2D eigenvalue weighted by molar-refractivity contribution is 5.88. The molecule has 8 rings (SSSR count). The molecule has 7 nitrogen and oxygen atoms in total. The second kappa shape index (κ2) is 11.7. The Balaban J connectivity index is 1.19. The van der Waals surface area contributed by atoms with Crippen LogP contribution in [0.25, 0.3) is 67.1 Å². The monoisotopic (exact) mass is 610 g/mol. The highest BCUT2D eigenvalue weighted by Crippen LogP contribution is 2.35. The van der Waals surface area contributed by atoms with Crippen molar-refractivity contribution in [3.05, 3.63) is 146 Å². The fraction of sp³-hybridized carbons (Fsp3) is 0. The van der Waals surface area contributed by atoms with E-state index in [1.165, 1.54) is 0 Å². The van der Waals surface area contributed by atoms with E-state index in [-0.39, 0.29) is 11.5 Å². The highest BCUT2D eigenvalue weighted by Gasteiger charge is 2.16. The molecule has 8 aromatic rings. The van der Waals surface area contributed by atoms with Gasteiger partial charge in [0.1, 0.15) is 23.0 Å². The minimum atomic E-state index is 0.186. The number of hydrogen-bond acceptors (Lipinski definition) is 7. The SMILES string of the molecule is Oc1ccc(-c2nc3cc(Oc4ccc5nc(-c6ccccc6)c(-c6ccc(O)cc6)nc5c4)ccc3nc2-c2ccccc2)cc1. The number of aromatic nitrogens is 4. The number of phenols is 2. The van der Waals surface area contributed by atoms with Gasteiger partial charge in [0.05, 0.1) is 44.8 Å². The van der Waals surface area contributed by atoms with E-state index in [4.69, 9.17) is 24.7 Å². The van der Waals surface area contributed by atoms with Crippen LogP contribution < -0.4 is 4.74 Å². The van der Waals surface area contributed by atoms with Crippen LogP contribution in [-0.4, -0.2) is 30.1 Å². The van der Waals surface area contributed by atoms with Crippen LogP contribution in [0.15, 0.2) is 146 Å². The zero-order valence-corrected chi connectivity index (χ0v) is 24.9. The quantitative estimate of drug-likeness (QED) is 0.193. The lowest BCUT2D eigenvalue weighted by Crippen LogP contribution is -1.97. The average molecular weight is 611 g/mol. The number of benzene rings is 6. The van der Waals surface area contributed by atoms with Gasteiger partial charge in [-0.3, -0.25) is 0 Å². The van der Waals surface area contributed by atoms with Crippen molar-refractivity contribution in [2.24, 2.45) is 0 Å². The summed E-state index contributed by atoms with van der Waals surface area (Å²) in [5.74, 6) is 1.57. The predicted molar refractivity (Wildman–Crippen MR) is 184 cm³/mol. The third kappa shape index (κ3) is 5.58. The Hall–Kier alpha value is -6.60. The smallest absolute Gasteiger partial charge is 0.129 e. The molecule has 0 spiro atoms. The van der Waals surface area contributed by atoms with Gasteiger partial charge in [-0.1, -0.05) is 60.7 Å².